The lowest BCUT2D eigenvalue weighted by atomic mass is 10.2. The Morgan fingerprint density at radius 3 is 3.15 bits per heavy atom. The van der Waals surface area contributed by atoms with E-state index >= 15 is 0 Å². The zero-order valence-corrected chi connectivity index (χ0v) is 7.78. The molecule has 4 heteroatoms. The van der Waals surface area contributed by atoms with Gasteiger partial charge in [-0.2, -0.15) is 5.26 Å². The molecule has 0 bridgehead atoms. The summed E-state index contributed by atoms with van der Waals surface area (Å²) in [6.45, 7) is 3.26. The third-order valence-electron chi connectivity index (χ3n) is 2.29. The number of hydrogen-bond donors (Lipinski definition) is 1. The van der Waals surface area contributed by atoms with Crippen molar-refractivity contribution in [1.82, 2.24) is 4.90 Å². The Hall–Kier alpha value is -0.630. The summed E-state index contributed by atoms with van der Waals surface area (Å²) in [7, 11) is 0. The highest BCUT2D eigenvalue weighted by atomic mass is 16.5. The van der Waals surface area contributed by atoms with Gasteiger partial charge in [0, 0.05) is 13.0 Å². The smallest absolute Gasteiger partial charge is 0.0644 e. The van der Waals surface area contributed by atoms with Gasteiger partial charge in [0.1, 0.15) is 0 Å². The summed E-state index contributed by atoms with van der Waals surface area (Å²) in [5, 5.41) is 17.4. The zero-order chi connectivity index (χ0) is 9.52. The van der Waals surface area contributed by atoms with Gasteiger partial charge in [-0.1, -0.05) is 0 Å². The Bertz CT molecular complexity index is 179. The van der Waals surface area contributed by atoms with E-state index in [0.717, 1.165) is 26.1 Å². The predicted octanol–water partition coefficient (Wildman–Crippen LogP) is -0.0167. The van der Waals surface area contributed by atoms with Gasteiger partial charge in [-0.15, -0.1) is 0 Å². The van der Waals surface area contributed by atoms with Crippen LogP contribution in [0.5, 0.6) is 0 Å². The fourth-order valence-electron chi connectivity index (χ4n) is 1.51. The molecular formula is C9H16N2O2. The second kappa shape index (κ2) is 5.92. The number of ether oxygens (including phenoxy) is 1. The lowest BCUT2D eigenvalue weighted by molar-refractivity contribution is -0.0274. The first-order valence-electron chi connectivity index (χ1n) is 4.68. The van der Waals surface area contributed by atoms with Crippen LogP contribution in [0.2, 0.25) is 0 Å². The lowest BCUT2D eigenvalue weighted by Gasteiger charge is -2.34. The van der Waals surface area contributed by atoms with Gasteiger partial charge in [-0.25, -0.2) is 0 Å². The molecule has 4 nitrogen and oxygen atoms in total. The van der Waals surface area contributed by atoms with Crippen molar-refractivity contribution in [2.45, 2.75) is 18.9 Å². The molecule has 1 rings (SSSR count). The van der Waals surface area contributed by atoms with Crippen LogP contribution in [-0.2, 0) is 4.74 Å². The number of nitriles is 1. The molecule has 1 aliphatic heterocycles. The number of rotatable bonds is 4. The maximum atomic E-state index is 9.03. The van der Waals surface area contributed by atoms with Gasteiger partial charge in [-0.3, -0.25) is 4.90 Å². The standard InChI is InChI=1S/C9H16N2O2/c10-3-1-2-4-11-5-6-13-8-9(11)7-12/h9,12H,1-2,4-8H2. The number of hydrogen-bond acceptors (Lipinski definition) is 4. The van der Waals surface area contributed by atoms with Gasteiger partial charge in [0.15, 0.2) is 0 Å². The summed E-state index contributed by atoms with van der Waals surface area (Å²) >= 11 is 0. The third kappa shape index (κ3) is 3.31. The zero-order valence-electron chi connectivity index (χ0n) is 7.78. The van der Waals surface area contributed by atoms with Crippen molar-refractivity contribution in [2.24, 2.45) is 0 Å². The summed E-state index contributed by atoms with van der Waals surface area (Å²) in [6, 6.07) is 2.25. The molecule has 1 aliphatic rings. The summed E-state index contributed by atoms with van der Waals surface area (Å²) in [4.78, 5) is 2.20. The number of aliphatic hydroxyl groups excluding tert-OH is 1. The first-order valence-corrected chi connectivity index (χ1v) is 4.68. The van der Waals surface area contributed by atoms with E-state index in [-0.39, 0.29) is 12.6 Å². The van der Waals surface area contributed by atoms with Crippen LogP contribution in [0.25, 0.3) is 0 Å². The fraction of sp³-hybridized carbons (Fsp3) is 0.889. The van der Waals surface area contributed by atoms with E-state index in [1.807, 2.05) is 0 Å². The van der Waals surface area contributed by atoms with Gasteiger partial charge in [0.25, 0.3) is 0 Å². The highest BCUT2D eigenvalue weighted by Gasteiger charge is 2.21. The fourth-order valence-corrected chi connectivity index (χ4v) is 1.51. The van der Waals surface area contributed by atoms with Gasteiger partial charge in [0.05, 0.1) is 31.9 Å². The monoisotopic (exact) mass is 184 g/mol. The largest absolute Gasteiger partial charge is 0.395 e. The second-order valence-electron chi connectivity index (χ2n) is 3.21. The van der Waals surface area contributed by atoms with Gasteiger partial charge >= 0.3 is 0 Å². The van der Waals surface area contributed by atoms with Crippen molar-refractivity contribution >= 4 is 0 Å². The molecule has 1 heterocycles. The summed E-state index contributed by atoms with van der Waals surface area (Å²) < 4.78 is 5.24. The number of morpholine rings is 1. The van der Waals surface area contributed by atoms with Crippen LogP contribution in [-0.4, -0.2) is 49.0 Å². The Balaban J connectivity index is 2.24. The molecule has 0 radical (unpaired) electrons. The average Bonchev–Trinajstić information content (AvgIpc) is 2.19. The van der Waals surface area contributed by atoms with E-state index in [1.165, 1.54) is 0 Å². The molecule has 1 N–H and O–H groups in total. The molecule has 13 heavy (non-hydrogen) atoms. The Morgan fingerprint density at radius 2 is 2.46 bits per heavy atom. The van der Waals surface area contributed by atoms with Crippen molar-refractivity contribution in [2.75, 3.05) is 32.9 Å². The van der Waals surface area contributed by atoms with Crippen LogP contribution in [0.15, 0.2) is 0 Å². The van der Waals surface area contributed by atoms with Gasteiger partial charge < -0.3 is 9.84 Å². The SMILES string of the molecule is N#CCCCN1CCOCC1CO. The maximum absolute atomic E-state index is 9.03. The van der Waals surface area contributed by atoms with Gasteiger partial charge in [0.2, 0.25) is 0 Å². The molecule has 0 spiro atoms. The summed E-state index contributed by atoms with van der Waals surface area (Å²) in [5.41, 5.74) is 0. The van der Waals surface area contributed by atoms with Crippen molar-refractivity contribution in [3.05, 3.63) is 0 Å². The first kappa shape index (κ1) is 10.5. The van der Waals surface area contributed by atoms with Crippen molar-refractivity contribution < 1.29 is 9.84 Å². The van der Waals surface area contributed by atoms with E-state index in [0.29, 0.717) is 13.0 Å². The summed E-state index contributed by atoms with van der Waals surface area (Å²) in [5.74, 6) is 0. The highest BCUT2D eigenvalue weighted by molar-refractivity contribution is 4.76. The topological polar surface area (TPSA) is 56.5 Å². The molecule has 74 valence electrons. The Kier molecular flexibility index (Phi) is 4.76. The molecule has 1 saturated heterocycles. The third-order valence-corrected chi connectivity index (χ3v) is 2.29. The van der Waals surface area contributed by atoms with Crippen LogP contribution < -0.4 is 0 Å². The molecule has 0 aliphatic carbocycles. The number of aliphatic hydroxyl groups is 1. The average molecular weight is 184 g/mol. The highest BCUT2D eigenvalue weighted by Crippen LogP contribution is 2.07. The Morgan fingerprint density at radius 1 is 1.62 bits per heavy atom. The second-order valence-corrected chi connectivity index (χ2v) is 3.21. The molecular weight excluding hydrogens is 168 g/mol. The quantitative estimate of drug-likeness (QED) is 0.624. The van der Waals surface area contributed by atoms with E-state index in [4.69, 9.17) is 15.1 Å². The van der Waals surface area contributed by atoms with E-state index in [9.17, 15) is 0 Å². The molecule has 0 aromatic carbocycles. The van der Waals surface area contributed by atoms with Crippen molar-refractivity contribution in [3.63, 3.8) is 0 Å². The maximum Gasteiger partial charge on any atom is 0.0644 e. The molecule has 0 aromatic rings. The predicted molar refractivity (Wildman–Crippen MR) is 48.1 cm³/mol. The van der Waals surface area contributed by atoms with Crippen LogP contribution in [0, 0.1) is 11.3 Å². The van der Waals surface area contributed by atoms with Crippen LogP contribution in [0.1, 0.15) is 12.8 Å². The van der Waals surface area contributed by atoms with E-state index in [2.05, 4.69) is 11.0 Å². The minimum atomic E-state index is 0.132. The van der Waals surface area contributed by atoms with Crippen LogP contribution in [0.4, 0.5) is 0 Å². The van der Waals surface area contributed by atoms with Crippen molar-refractivity contribution in [1.29, 1.82) is 5.26 Å². The van der Waals surface area contributed by atoms with E-state index < -0.39 is 0 Å². The lowest BCUT2D eigenvalue weighted by Crippen LogP contribution is -2.47. The normalized spacial score (nSPS) is 24.2. The van der Waals surface area contributed by atoms with E-state index in [1.54, 1.807) is 0 Å². The first-order chi connectivity index (χ1) is 6.38. The Labute approximate surface area is 78.7 Å². The summed E-state index contributed by atoms with van der Waals surface area (Å²) in [6.07, 6.45) is 1.47. The van der Waals surface area contributed by atoms with Crippen molar-refractivity contribution in [3.8, 4) is 6.07 Å². The van der Waals surface area contributed by atoms with Crippen LogP contribution in [0.3, 0.4) is 0 Å². The van der Waals surface area contributed by atoms with Crippen LogP contribution >= 0.6 is 0 Å². The molecule has 1 unspecified atom stereocenters. The number of nitrogens with zero attached hydrogens (tertiary/aromatic N) is 2. The number of unbranched alkanes of at least 4 members (excludes halogenated alkanes) is 1. The minimum absolute atomic E-state index is 0.132. The molecule has 0 aromatic heterocycles. The molecule has 0 amide bonds. The van der Waals surface area contributed by atoms with Gasteiger partial charge in [-0.05, 0) is 13.0 Å². The molecule has 1 atom stereocenters. The molecule has 1 fully saturated rings. The molecule has 0 saturated carbocycles. The minimum Gasteiger partial charge on any atom is -0.395 e.